The number of esters is 1. The van der Waals surface area contributed by atoms with Gasteiger partial charge >= 0.3 is 5.97 Å². The minimum atomic E-state index is -0.928. The van der Waals surface area contributed by atoms with E-state index in [-0.39, 0.29) is 17.4 Å². The second-order valence-corrected chi connectivity index (χ2v) is 6.09. The first-order chi connectivity index (χ1) is 12.8. The molecule has 2 aromatic rings. The maximum absolute atomic E-state index is 12.3. The zero-order chi connectivity index (χ0) is 20.0. The van der Waals surface area contributed by atoms with Crippen molar-refractivity contribution in [3.05, 3.63) is 48.0 Å². The van der Waals surface area contributed by atoms with Crippen LogP contribution in [-0.4, -0.2) is 46.2 Å². The second-order valence-electron chi connectivity index (χ2n) is 6.09. The molecule has 144 valence electrons. The Morgan fingerprint density at radius 1 is 1.11 bits per heavy atom. The number of nitrogens with zero attached hydrogens (tertiary/aromatic N) is 2. The minimum absolute atomic E-state index is 0.109. The van der Waals surface area contributed by atoms with Gasteiger partial charge in [-0.25, -0.2) is 9.78 Å². The molecule has 0 saturated heterocycles. The van der Waals surface area contributed by atoms with Crippen LogP contribution < -0.4 is 10.1 Å². The highest BCUT2D eigenvalue weighted by Gasteiger charge is 2.25. The fourth-order valence-electron chi connectivity index (χ4n) is 2.36. The third-order valence-electron chi connectivity index (χ3n) is 4.18. The van der Waals surface area contributed by atoms with Crippen molar-refractivity contribution in [3.8, 4) is 11.5 Å². The summed E-state index contributed by atoms with van der Waals surface area (Å²) in [5.41, 5.74) is 0.573. The Morgan fingerprint density at radius 2 is 1.85 bits per heavy atom. The van der Waals surface area contributed by atoms with Crippen LogP contribution in [0.15, 0.2) is 36.7 Å². The lowest BCUT2D eigenvalue weighted by molar-refractivity contribution is -0.151. The van der Waals surface area contributed by atoms with Crippen LogP contribution in [0.3, 0.4) is 0 Å². The standard InChI is InChI=1S/C19H23N3O5/c1-11(14-7-5-6-9-20-14)13(3)27-19(25)12(2)22-18(24)16-17(23)15(26-4)8-10-21-16/h5-13,23H,1-4H3,(H,22,24)/t11?,12-,13?/m0/s1. The summed E-state index contributed by atoms with van der Waals surface area (Å²) in [6.45, 7) is 5.17. The highest BCUT2D eigenvalue weighted by Crippen LogP contribution is 2.27. The smallest absolute Gasteiger partial charge is 0.328 e. The molecule has 0 aliphatic rings. The van der Waals surface area contributed by atoms with Gasteiger partial charge in [-0.2, -0.15) is 0 Å². The summed E-state index contributed by atoms with van der Waals surface area (Å²) in [4.78, 5) is 32.7. The summed E-state index contributed by atoms with van der Waals surface area (Å²) >= 11 is 0. The number of amides is 1. The molecule has 2 heterocycles. The van der Waals surface area contributed by atoms with Crippen molar-refractivity contribution >= 4 is 11.9 Å². The molecule has 8 heteroatoms. The molecule has 0 saturated carbocycles. The Balaban J connectivity index is 1.98. The molecule has 0 radical (unpaired) electrons. The van der Waals surface area contributed by atoms with Crippen molar-refractivity contribution in [2.45, 2.75) is 38.8 Å². The van der Waals surface area contributed by atoms with Gasteiger partial charge in [-0.15, -0.1) is 0 Å². The lowest BCUT2D eigenvalue weighted by atomic mass is 10.0. The van der Waals surface area contributed by atoms with Gasteiger partial charge < -0.3 is 19.9 Å². The Morgan fingerprint density at radius 3 is 2.48 bits per heavy atom. The first kappa shape index (κ1) is 20.2. The molecule has 0 aliphatic carbocycles. The van der Waals surface area contributed by atoms with Crippen molar-refractivity contribution in [2.75, 3.05) is 7.11 Å². The Labute approximate surface area is 157 Å². The largest absolute Gasteiger partial charge is 0.503 e. The van der Waals surface area contributed by atoms with Gasteiger partial charge in [-0.1, -0.05) is 13.0 Å². The molecule has 2 rings (SSSR count). The summed E-state index contributed by atoms with van der Waals surface area (Å²) in [6.07, 6.45) is 2.57. The van der Waals surface area contributed by atoms with Gasteiger partial charge in [0.05, 0.1) is 7.11 Å². The number of rotatable bonds is 7. The van der Waals surface area contributed by atoms with E-state index in [1.165, 1.54) is 26.3 Å². The van der Waals surface area contributed by atoms with Crippen LogP contribution in [0, 0.1) is 0 Å². The van der Waals surface area contributed by atoms with E-state index in [0.717, 1.165) is 5.69 Å². The summed E-state index contributed by atoms with van der Waals surface area (Å²) in [6, 6.07) is 6.03. The molecule has 0 aliphatic heterocycles. The van der Waals surface area contributed by atoms with Crippen molar-refractivity contribution in [3.63, 3.8) is 0 Å². The minimum Gasteiger partial charge on any atom is -0.503 e. The number of nitrogens with one attached hydrogen (secondary N) is 1. The van der Waals surface area contributed by atoms with E-state index in [0.29, 0.717) is 0 Å². The monoisotopic (exact) mass is 373 g/mol. The third kappa shape index (κ3) is 4.93. The molecular weight excluding hydrogens is 350 g/mol. The summed E-state index contributed by atoms with van der Waals surface area (Å²) in [5, 5.41) is 12.4. The highest BCUT2D eigenvalue weighted by atomic mass is 16.5. The van der Waals surface area contributed by atoms with E-state index < -0.39 is 29.8 Å². The highest BCUT2D eigenvalue weighted by molar-refractivity contribution is 5.97. The number of carbonyl (C=O) groups excluding carboxylic acids is 2. The van der Waals surface area contributed by atoms with Gasteiger partial charge in [0, 0.05) is 30.1 Å². The van der Waals surface area contributed by atoms with E-state index >= 15 is 0 Å². The van der Waals surface area contributed by atoms with Crippen LogP contribution in [0.4, 0.5) is 0 Å². The van der Waals surface area contributed by atoms with Crippen molar-refractivity contribution in [1.29, 1.82) is 0 Å². The fourth-order valence-corrected chi connectivity index (χ4v) is 2.36. The Kier molecular flexibility index (Phi) is 6.70. The average Bonchev–Trinajstić information content (AvgIpc) is 2.67. The number of ether oxygens (including phenoxy) is 2. The molecule has 0 spiro atoms. The Bertz CT molecular complexity index is 797. The van der Waals surface area contributed by atoms with Gasteiger partial charge in [-0.05, 0) is 26.0 Å². The zero-order valence-corrected chi connectivity index (χ0v) is 15.7. The van der Waals surface area contributed by atoms with Gasteiger partial charge in [-0.3, -0.25) is 9.78 Å². The maximum atomic E-state index is 12.3. The summed E-state index contributed by atoms with van der Waals surface area (Å²) < 4.78 is 10.4. The van der Waals surface area contributed by atoms with Crippen molar-refractivity contribution < 1.29 is 24.2 Å². The van der Waals surface area contributed by atoms with E-state index in [1.54, 1.807) is 13.1 Å². The van der Waals surface area contributed by atoms with Gasteiger partial charge in [0.1, 0.15) is 12.1 Å². The summed E-state index contributed by atoms with van der Waals surface area (Å²) in [7, 11) is 1.36. The quantitative estimate of drug-likeness (QED) is 0.715. The van der Waals surface area contributed by atoms with Crippen LogP contribution in [0.1, 0.15) is 42.9 Å². The lowest BCUT2D eigenvalue weighted by Crippen LogP contribution is -2.41. The molecule has 27 heavy (non-hydrogen) atoms. The average molecular weight is 373 g/mol. The Hall–Kier alpha value is -3.16. The van der Waals surface area contributed by atoms with Crippen LogP contribution in [0.2, 0.25) is 0 Å². The van der Waals surface area contributed by atoms with E-state index in [4.69, 9.17) is 9.47 Å². The molecule has 2 aromatic heterocycles. The molecular formula is C19H23N3O5. The fraction of sp³-hybridized carbons (Fsp3) is 0.368. The molecule has 3 atom stereocenters. The van der Waals surface area contributed by atoms with Gasteiger partial charge in [0.15, 0.2) is 17.2 Å². The first-order valence-electron chi connectivity index (χ1n) is 8.49. The number of aromatic nitrogens is 2. The van der Waals surface area contributed by atoms with Gasteiger partial charge in [0.2, 0.25) is 0 Å². The number of carbonyl (C=O) groups is 2. The van der Waals surface area contributed by atoms with Crippen LogP contribution in [-0.2, 0) is 9.53 Å². The molecule has 2 N–H and O–H groups in total. The first-order valence-corrected chi connectivity index (χ1v) is 8.49. The topological polar surface area (TPSA) is 111 Å². The number of hydrogen-bond acceptors (Lipinski definition) is 7. The van der Waals surface area contributed by atoms with Crippen LogP contribution in [0.5, 0.6) is 11.5 Å². The van der Waals surface area contributed by atoms with E-state index in [1.807, 2.05) is 25.1 Å². The van der Waals surface area contributed by atoms with Crippen molar-refractivity contribution in [2.24, 2.45) is 0 Å². The van der Waals surface area contributed by atoms with Crippen LogP contribution in [0.25, 0.3) is 0 Å². The number of methoxy groups -OCH3 is 1. The van der Waals surface area contributed by atoms with Gasteiger partial charge in [0.25, 0.3) is 5.91 Å². The third-order valence-corrected chi connectivity index (χ3v) is 4.18. The van der Waals surface area contributed by atoms with Crippen molar-refractivity contribution in [1.82, 2.24) is 15.3 Å². The second kappa shape index (κ2) is 8.98. The molecule has 8 nitrogen and oxygen atoms in total. The molecule has 1 amide bonds. The maximum Gasteiger partial charge on any atom is 0.328 e. The lowest BCUT2D eigenvalue weighted by Gasteiger charge is -2.22. The number of aromatic hydroxyl groups is 1. The summed E-state index contributed by atoms with van der Waals surface area (Å²) in [5.74, 6) is -1.69. The predicted molar refractivity (Wildman–Crippen MR) is 97.6 cm³/mol. The molecule has 2 unspecified atom stereocenters. The SMILES string of the molecule is COc1ccnc(C(=O)N[C@@H](C)C(=O)OC(C)C(C)c2ccccn2)c1O. The number of hydrogen-bond donors (Lipinski definition) is 2. The van der Waals surface area contributed by atoms with E-state index in [2.05, 4.69) is 15.3 Å². The molecule has 0 aromatic carbocycles. The predicted octanol–water partition coefficient (Wildman–Crippen LogP) is 2.04. The van der Waals surface area contributed by atoms with E-state index in [9.17, 15) is 14.7 Å². The molecule has 0 fully saturated rings. The van der Waals surface area contributed by atoms with Crippen LogP contribution >= 0.6 is 0 Å². The number of pyridine rings is 2. The molecule has 0 bridgehead atoms. The normalized spacial score (nSPS) is 13.9. The zero-order valence-electron chi connectivity index (χ0n) is 15.7.